The van der Waals surface area contributed by atoms with E-state index in [2.05, 4.69) is 39.2 Å². The van der Waals surface area contributed by atoms with E-state index in [1.165, 1.54) is 12.8 Å². The Labute approximate surface area is 133 Å². The number of ether oxygens (including phenoxy) is 1. The van der Waals surface area contributed by atoms with Gasteiger partial charge in [0.05, 0.1) is 0 Å². The summed E-state index contributed by atoms with van der Waals surface area (Å²) in [5.41, 5.74) is 3.18. The SMILES string of the molecule is Cc1cc(Oc2ccc(Br)cc2C)c(CNC2CC2)cn1. The molecule has 1 fully saturated rings. The number of rotatable bonds is 5. The van der Waals surface area contributed by atoms with E-state index in [1.54, 1.807) is 0 Å². The van der Waals surface area contributed by atoms with Gasteiger partial charge in [0.15, 0.2) is 0 Å². The summed E-state index contributed by atoms with van der Waals surface area (Å²) in [6, 6.07) is 8.73. The van der Waals surface area contributed by atoms with Gasteiger partial charge in [0.1, 0.15) is 11.5 Å². The highest BCUT2D eigenvalue weighted by Crippen LogP contribution is 2.30. The molecular formula is C17H19BrN2O. The molecule has 4 heteroatoms. The van der Waals surface area contributed by atoms with Crippen molar-refractivity contribution in [3.05, 3.63) is 51.8 Å². The highest BCUT2D eigenvalue weighted by molar-refractivity contribution is 9.10. The summed E-state index contributed by atoms with van der Waals surface area (Å²) < 4.78 is 7.19. The van der Waals surface area contributed by atoms with E-state index in [4.69, 9.17) is 4.74 Å². The molecular weight excluding hydrogens is 328 g/mol. The fourth-order valence-corrected chi connectivity index (χ4v) is 2.65. The maximum absolute atomic E-state index is 6.13. The van der Waals surface area contributed by atoms with Crippen LogP contribution in [0, 0.1) is 13.8 Å². The van der Waals surface area contributed by atoms with Crippen LogP contribution in [0.1, 0.15) is 29.7 Å². The van der Waals surface area contributed by atoms with E-state index in [-0.39, 0.29) is 0 Å². The number of halogens is 1. The van der Waals surface area contributed by atoms with Crippen LogP contribution in [-0.4, -0.2) is 11.0 Å². The Morgan fingerprint density at radius 2 is 2.05 bits per heavy atom. The van der Waals surface area contributed by atoms with Crippen LogP contribution in [0.25, 0.3) is 0 Å². The zero-order valence-electron chi connectivity index (χ0n) is 12.3. The van der Waals surface area contributed by atoms with Gasteiger partial charge in [-0.2, -0.15) is 0 Å². The number of hydrogen-bond donors (Lipinski definition) is 1. The molecule has 1 heterocycles. The van der Waals surface area contributed by atoms with Gasteiger partial charge in [0.2, 0.25) is 0 Å². The van der Waals surface area contributed by atoms with Gasteiger partial charge in [-0.1, -0.05) is 15.9 Å². The molecule has 110 valence electrons. The van der Waals surface area contributed by atoms with Crippen LogP contribution >= 0.6 is 15.9 Å². The topological polar surface area (TPSA) is 34.1 Å². The molecule has 1 aliphatic carbocycles. The third-order valence-electron chi connectivity index (χ3n) is 3.60. The standard InChI is InChI=1S/C17H19BrN2O/c1-11-7-14(18)3-6-16(11)21-17-8-12(2)19-9-13(17)10-20-15-4-5-15/h3,6-9,15,20H,4-5,10H2,1-2H3. The van der Waals surface area contributed by atoms with E-state index in [0.29, 0.717) is 6.04 Å². The summed E-state index contributed by atoms with van der Waals surface area (Å²) >= 11 is 3.48. The minimum atomic E-state index is 0.675. The Morgan fingerprint density at radius 1 is 1.24 bits per heavy atom. The first kappa shape index (κ1) is 14.5. The van der Waals surface area contributed by atoms with Crippen molar-refractivity contribution in [1.82, 2.24) is 10.3 Å². The van der Waals surface area contributed by atoms with Crippen molar-refractivity contribution < 1.29 is 4.74 Å². The van der Waals surface area contributed by atoms with Crippen LogP contribution in [0.5, 0.6) is 11.5 Å². The molecule has 1 aliphatic rings. The van der Waals surface area contributed by atoms with Crippen LogP contribution in [0.3, 0.4) is 0 Å². The number of hydrogen-bond acceptors (Lipinski definition) is 3. The lowest BCUT2D eigenvalue weighted by Gasteiger charge is -2.14. The molecule has 1 aromatic heterocycles. The molecule has 0 radical (unpaired) electrons. The van der Waals surface area contributed by atoms with Gasteiger partial charge in [-0.05, 0) is 50.5 Å². The molecule has 0 amide bonds. The van der Waals surface area contributed by atoms with Crippen molar-refractivity contribution in [1.29, 1.82) is 0 Å². The Hall–Kier alpha value is -1.39. The van der Waals surface area contributed by atoms with Crippen molar-refractivity contribution in [2.45, 2.75) is 39.3 Å². The number of benzene rings is 1. The molecule has 0 aliphatic heterocycles. The zero-order valence-corrected chi connectivity index (χ0v) is 13.9. The summed E-state index contributed by atoms with van der Waals surface area (Å²) in [5, 5.41) is 3.51. The monoisotopic (exact) mass is 346 g/mol. The fraction of sp³-hybridized carbons (Fsp3) is 0.353. The quantitative estimate of drug-likeness (QED) is 0.864. The first-order valence-corrected chi connectivity index (χ1v) is 8.04. The average Bonchev–Trinajstić information content (AvgIpc) is 3.25. The van der Waals surface area contributed by atoms with E-state index < -0.39 is 0 Å². The molecule has 1 saturated carbocycles. The summed E-state index contributed by atoms with van der Waals surface area (Å²) in [7, 11) is 0. The lowest BCUT2D eigenvalue weighted by molar-refractivity contribution is 0.467. The largest absolute Gasteiger partial charge is 0.457 e. The third-order valence-corrected chi connectivity index (χ3v) is 4.09. The maximum atomic E-state index is 6.13. The Balaban J connectivity index is 1.83. The van der Waals surface area contributed by atoms with Gasteiger partial charge < -0.3 is 10.1 Å². The van der Waals surface area contributed by atoms with Crippen molar-refractivity contribution in [3.63, 3.8) is 0 Å². The van der Waals surface area contributed by atoms with Gasteiger partial charge in [0.25, 0.3) is 0 Å². The maximum Gasteiger partial charge on any atom is 0.135 e. The van der Waals surface area contributed by atoms with Gasteiger partial charge >= 0.3 is 0 Å². The number of aromatic nitrogens is 1. The number of pyridine rings is 1. The summed E-state index contributed by atoms with van der Waals surface area (Å²) in [6.45, 7) is 4.85. The predicted molar refractivity (Wildman–Crippen MR) is 87.8 cm³/mol. The van der Waals surface area contributed by atoms with Gasteiger partial charge in [-0.25, -0.2) is 0 Å². The van der Waals surface area contributed by atoms with E-state index in [0.717, 1.165) is 39.3 Å². The smallest absolute Gasteiger partial charge is 0.135 e. The second-order valence-electron chi connectivity index (χ2n) is 5.60. The molecule has 0 saturated heterocycles. The Morgan fingerprint density at radius 3 is 2.76 bits per heavy atom. The molecule has 1 aromatic carbocycles. The van der Waals surface area contributed by atoms with E-state index in [1.807, 2.05) is 31.3 Å². The van der Waals surface area contributed by atoms with Crippen molar-refractivity contribution in [3.8, 4) is 11.5 Å². The number of nitrogens with zero attached hydrogens (tertiary/aromatic N) is 1. The average molecular weight is 347 g/mol. The molecule has 0 atom stereocenters. The molecule has 3 rings (SSSR count). The third kappa shape index (κ3) is 3.83. The summed E-state index contributed by atoms with van der Waals surface area (Å²) in [4.78, 5) is 4.39. The van der Waals surface area contributed by atoms with Crippen LogP contribution in [0.2, 0.25) is 0 Å². The second kappa shape index (κ2) is 6.16. The van der Waals surface area contributed by atoms with Crippen LogP contribution in [0.15, 0.2) is 34.9 Å². The highest BCUT2D eigenvalue weighted by Gasteiger charge is 2.21. The lowest BCUT2D eigenvalue weighted by atomic mass is 10.2. The van der Waals surface area contributed by atoms with Crippen LogP contribution < -0.4 is 10.1 Å². The van der Waals surface area contributed by atoms with E-state index >= 15 is 0 Å². The van der Waals surface area contributed by atoms with Crippen LogP contribution in [-0.2, 0) is 6.54 Å². The molecule has 2 aromatic rings. The van der Waals surface area contributed by atoms with Gasteiger partial charge in [-0.3, -0.25) is 4.98 Å². The van der Waals surface area contributed by atoms with Crippen LogP contribution in [0.4, 0.5) is 0 Å². The Kier molecular flexibility index (Phi) is 4.27. The minimum Gasteiger partial charge on any atom is -0.457 e. The minimum absolute atomic E-state index is 0.675. The Bertz CT molecular complexity index is 653. The zero-order chi connectivity index (χ0) is 14.8. The highest BCUT2D eigenvalue weighted by atomic mass is 79.9. The number of nitrogens with one attached hydrogen (secondary N) is 1. The molecule has 0 bridgehead atoms. The molecule has 0 unspecified atom stereocenters. The normalized spacial score (nSPS) is 14.2. The number of aryl methyl sites for hydroxylation is 2. The van der Waals surface area contributed by atoms with Crippen molar-refractivity contribution in [2.24, 2.45) is 0 Å². The first-order valence-electron chi connectivity index (χ1n) is 7.25. The molecule has 21 heavy (non-hydrogen) atoms. The van der Waals surface area contributed by atoms with Crippen molar-refractivity contribution in [2.75, 3.05) is 0 Å². The van der Waals surface area contributed by atoms with Crippen molar-refractivity contribution >= 4 is 15.9 Å². The molecule has 0 spiro atoms. The lowest BCUT2D eigenvalue weighted by Crippen LogP contribution is -2.16. The van der Waals surface area contributed by atoms with Gasteiger partial charge in [-0.15, -0.1) is 0 Å². The van der Waals surface area contributed by atoms with E-state index in [9.17, 15) is 0 Å². The second-order valence-corrected chi connectivity index (χ2v) is 6.52. The summed E-state index contributed by atoms with van der Waals surface area (Å²) in [6.07, 6.45) is 4.47. The molecule has 1 N–H and O–H groups in total. The summed E-state index contributed by atoms with van der Waals surface area (Å²) in [5.74, 6) is 1.78. The molecule has 3 nitrogen and oxygen atoms in total. The van der Waals surface area contributed by atoms with Gasteiger partial charge in [0, 0.05) is 40.6 Å². The first-order chi connectivity index (χ1) is 10.1. The fourth-order valence-electron chi connectivity index (χ4n) is 2.18. The predicted octanol–water partition coefficient (Wildman–Crippen LogP) is 4.51.